The highest BCUT2D eigenvalue weighted by atomic mass is 35.5. The van der Waals surface area contributed by atoms with E-state index < -0.39 is 0 Å². The Morgan fingerprint density at radius 3 is 2.55 bits per heavy atom. The molecule has 3 heteroatoms. The second-order valence-corrected chi connectivity index (χ2v) is 6.58. The molecule has 0 amide bonds. The molecule has 0 spiro atoms. The van der Waals surface area contributed by atoms with Gasteiger partial charge in [-0.15, -0.1) is 0 Å². The van der Waals surface area contributed by atoms with E-state index in [1.165, 1.54) is 18.4 Å². The summed E-state index contributed by atoms with van der Waals surface area (Å²) in [5, 5.41) is 4.47. The maximum Gasteiger partial charge on any atom is 0.0565 e. The Morgan fingerprint density at radius 1 is 1.05 bits per heavy atom. The molecule has 2 atom stereocenters. The monoisotopic (exact) mass is 314 g/mol. The highest BCUT2D eigenvalue weighted by molar-refractivity contribution is 6.31. The molecule has 3 N–H and O–H groups in total. The molecule has 22 heavy (non-hydrogen) atoms. The van der Waals surface area contributed by atoms with E-state index in [9.17, 15) is 0 Å². The molecule has 2 aromatic rings. The van der Waals surface area contributed by atoms with E-state index in [0.717, 1.165) is 30.0 Å². The molecule has 0 aliphatic heterocycles. The average Bonchev–Trinajstić information content (AvgIpc) is 2.56. The van der Waals surface area contributed by atoms with Gasteiger partial charge >= 0.3 is 0 Å². The first kappa shape index (κ1) is 15.5. The first-order valence-corrected chi connectivity index (χ1v) is 8.39. The van der Waals surface area contributed by atoms with E-state index >= 15 is 0 Å². The molecule has 0 radical (unpaired) electrons. The Hall–Kier alpha value is -1.35. The Morgan fingerprint density at radius 2 is 1.77 bits per heavy atom. The summed E-state index contributed by atoms with van der Waals surface area (Å²) < 4.78 is 0. The minimum absolute atomic E-state index is 0.278. The van der Waals surface area contributed by atoms with Crippen LogP contribution in [0.2, 0.25) is 5.02 Å². The van der Waals surface area contributed by atoms with Crippen LogP contribution < -0.4 is 11.1 Å². The van der Waals surface area contributed by atoms with Crippen LogP contribution in [0.4, 0.5) is 0 Å². The van der Waals surface area contributed by atoms with Crippen LogP contribution in [0.5, 0.6) is 0 Å². The highest BCUT2D eigenvalue weighted by Crippen LogP contribution is 2.35. The third-order valence-corrected chi connectivity index (χ3v) is 5.13. The summed E-state index contributed by atoms with van der Waals surface area (Å²) in [6, 6.07) is 18.8. The van der Waals surface area contributed by atoms with Crippen molar-refractivity contribution in [3.05, 3.63) is 70.7 Å². The van der Waals surface area contributed by atoms with Crippen LogP contribution in [0.3, 0.4) is 0 Å². The summed E-state index contributed by atoms with van der Waals surface area (Å²) in [4.78, 5) is 0. The molecule has 0 saturated heterocycles. The second-order valence-electron chi connectivity index (χ2n) is 6.18. The van der Waals surface area contributed by atoms with Gasteiger partial charge in [0.2, 0.25) is 0 Å². The van der Waals surface area contributed by atoms with Gasteiger partial charge in [0.15, 0.2) is 0 Å². The van der Waals surface area contributed by atoms with Crippen LogP contribution >= 0.6 is 11.6 Å². The van der Waals surface area contributed by atoms with Crippen LogP contribution in [0.15, 0.2) is 54.6 Å². The molecule has 1 saturated carbocycles. The summed E-state index contributed by atoms with van der Waals surface area (Å²) in [7, 11) is 0. The Bertz CT molecular complexity index is 614. The van der Waals surface area contributed by atoms with E-state index in [0.29, 0.717) is 0 Å². The van der Waals surface area contributed by atoms with Crippen molar-refractivity contribution >= 4 is 11.6 Å². The van der Waals surface area contributed by atoms with Gasteiger partial charge in [-0.05, 0) is 30.0 Å². The minimum atomic E-state index is -0.291. The molecule has 2 unspecified atom stereocenters. The van der Waals surface area contributed by atoms with E-state index in [-0.39, 0.29) is 11.6 Å². The van der Waals surface area contributed by atoms with Gasteiger partial charge in [-0.25, -0.2) is 0 Å². The summed E-state index contributed by atoms with van der Waals surface area (Å²) in [5.74, 6) is 0. The molecule has 1 aliphatic carbocycles. The van der Waals surface area contributed by atoms with E-state index in [2.05, 4.69) is 35.6 Å². The number of rotatable bonds is 4. The van der Waals surface area contributed by atoms with E-state index in [1.807, 2.05) is 24.3 Å². The lowest BCUT2D eigenvalue weighted by Crippen LogP contribution is -2.56. The zero-order valence-corrected chi connectivity index (χ0v) is 13.5. The largest absolute Gasteiger partial charge is 0.320 e. The quantitative estimate of drug-likeness (QED) is 0.886. The average molecular weight is 315 g/mol. The Labute approximate surface area is 137 Å². The van der Waals surface area contributed by atoms with Crippen LogP contribution in [0, 0.1) is 0 Å². The summed E-state index contributed by atoms with van der Waals surface area (Å²) >= 11 is 6.26. The first-order valence-electron chi connectivity index (χ1n) is 8.01. The van der Waals surface area contributed by atoms with E-state index in [4.69, 9.17) is 17.3 Å². The van der Waals surface area contributed by atoms with Crippen LogP contribution in [0.25, 0.3) is 0 Å². The number of halogens is 1. The van der Waals surface area contributed by atoms with Gasteiger partial charge in [-0.2, -0.15) is 0 Å². The van der Waals surface area contributed by atoms with E-state index in [1.54, 1.807) is 0 Å². The Kier molecular flexibility index (Phi) is 4.82. The van der Waals surface area contributed by atoms with Gasteiger partial charge in [0.25, 0.3) is 0 Å². The number of nitrogens with two attached hydrogens (primary N) is 1. The normalized spacial score (nSPS) is 25.1. The Balaban J connectivity index is 1.77. The van der Waals surface area contributed by atoms with Crippen LogP contribution in [0.1, 0.15) is 36.8 Å². The van der Waals surface area contributed by atoms with Crippen molar-refractivity contribution in [3.8, 4) is 0 Å². The smallest absolute Gasteiger partial charge is 0.0565 e. The molecule has 1 aliphatic rings. The summed E-state index contributed by atoms with van der Waals surface area (Å²) in [6.45, 7) is 0.760. The fraction of sp³-hybridized carbons (Fsp3) is 0.368. The van der Waals surface area contributed by atoms with Crippen LogP contribution in [-0.2, 0) is 12.1 Å². The fourth-order valence-electron chi connectivity index (χ4n) is 3.45. The molecule has 1 fully saturated rings. The predicted octanol–water partition coefficient (Wildman–Crippen LogP) is 4.23. The molecular formula is C19H23ClN2. The van der Waals surface area contributed by atoms with Gasteiger partial charge in [0.1, 0.15) is 0 Å². The summed E-state index contributed by atoms with van der Waals surface area (Å²) in [6.07, 6.45) is 4.55. The molecular weight excluding hydrogens is 292 g/mol. The molecule has 0 heterocycles. The van der Waals surface area contributed by atoms with Crippen molar-refractivity contribution in [3.63, 3.8) is 0 Å². The molecule has 116 valence electrons. The van der Waals surface area contributed by atoms with Gasteiger partial charge in [0, 0.05) is 17.6 Å². The lowest BCUT2D eigenvalue weighted by atomic mass is 9.73. The third kappa shape index (κ3) is 3.19. The SMILES string of the molecule is NC1(c2ccccc2)CCCCC1NCc1ccccc1Cl. The van der Waals surface area contributed by atoms with Crippen molar-refractivity contribution in [2.45, 2.75) is 43.8 Å². The highest BCUT2D eigenvalue weighted by Gasteiger charge is 2.38. The standard InChI is InChI=1S/C19H23ClN2/c20-17-11-5-4-8-15(17)14-22-18-12-6-7-13-19(18,21)16-9-2-1-3-10-16/h1-5,8-11,18,22H,6-7,12-14,21H2. The van der Waals surface area contributed by atoms with Crippen LogP contribution in [-0.4, -0.2) is 6.04 Å². The van der Waals surface area contributed by atoms with Crippen molar-refractivity contribution in [1.82, 2.24) is 5.32 Å². The van der Waals surface area contributed by atoms with Gasteiger partial charge in [0.05, 0.1) is 5.54 Å². The van der Waals surface area contributed by atoms with Crippen molar-refractivity contribution < 1.29 is 0 Å². The van der Waals surface area contributed by atoms with Crippen molar-refractivity contribution in [2.75, 3.05) is 0 Å². The molecule has 2 nitrogen and oxygen atoms in total. The van der Waals surface area contributed by atoms with Gasteiger partial charge < -0.3 is 11.1 Å². The van der Waals surface area contributed by atoms with Crippen molar-refractivity contribution in [1.29, 1.82) is 0 Å². The summed E-state index contributed by atoms with van der Waals surface area (Å²) in [5.41, 5.74) is 8.90. The van der Waals surface area contributed by atoms with Gasteiger partial charge in [-0.1, -0.05) is 73.0 Å². The zero-order valence-electron chi connectivity index (χ0n) is 12.8. The lowest BCUT2D eigenvalue weighted by molar-refractivity contribution is 0.215. The number of benzene rings is 2. The maximum atomic E-state index is 6.83. The third-order valence-electron chi connectivity index (χ3n) is 4.76. The second kappa shape index (κ2) is 6.82. The topological polar surface area (TPSA) is 38.0 Å². The predicted molar refractivity (Wildman–Crippen MR) is 92.9 cm³/mol. The molecule has 3 rings (SSSR count). The van der Waals surface area contributed by atoms with Crippen molar-refractivity contribution in [2.24, 2.45) is 5.73 Å². The maximum absolute atomic E-state index is 6.83. The molecule has 2 aromatic carbocycles. The minimum Gasteiger partial charge on any atom is -0.320 e. The first-order chi connectivity index (χ1) is 10.7. The number of hydrogen-bond donors (Lipinski definition) is 2. The molecule has 0 bridgehead atoms. The fourth-order valence-corrected chi connectivity index (χ4v) is 3.65. The number of nitrogens with one attached hydrogen (secondary N) is 1. The lowest BCUT2D eigenvalue weighted by Gasteiger charge is -2.42. The van der Waals surface area contributed by atoms with Gasteiger partial charge in [-0.3, -0.25) is 0 Å². The zero-order chi connectivity index (χ0) is 15.4. The number of hydrogen-bond acceptors (Lipinski definition) is 2. The molecule has 0 aromatic heterocycles.